The second-order valence-electron chi connectivity index (χ2n) is 9.02. The van der Waals surface area contributed by atoms with Gasteiger partial charge in [0.2, 0.25) is 0 Å². The summed E-state index contributed by atoms with van der Waals surface area (Å²) in [4.78, 5) is 0. The molecule has 8 aromatic rings. The maximum Gasteiger partial charge on any atom is 0.137 e. The summed E-state index contributed by atoms with van der Waals surface area (Å²) in [6.07, 6.45) is 0. The van der Waals surface area contributed by atoms with Gasteiger partial charge in [-0.05, 0) is 42.5 Å². The maximum absolute atomic E-state index is 6.27. The van der Waals surface area contributed by atoms with Crippen molar-refractivity contribution in [1.82, 2.24) is 9.13 Å². The lowest BCUT2D eigenvalue weighted by molar-refractivity contribution is 0.668. The van der Waals surface area contributed by atoms with E-state index >= 15 is 0 Å². The van der Waals surface area contributed by atoms with E-state index in [0.717, 1.165) is 39.0 Å². The fraction of sp³-hybridized carbons (Fsp3) is 0. The number of rotatable bonds is 2. The molecule has 3 nitrogen and oxygen atoms in total. The van der Waals surface area contributed by atoms with Gasteiger partial charge in [0.25, 0.3) is 0 Å². The minimum Gasteiger partial charge on any atom is -0.456 e. The van der Waals surface area contributed by atoms with E-state index in [1.54, 1.807) is 0 Å². The molecule has 0 bridgehead atoms. The van der Waals surface area contributed by atoms with Crippen LogP contribution in [-0.2, 0) is 0 Å². The van der Waals surface area contributed by atoms with Crippen LogP contribution < -0.4 is 0 Å². The first-order valence-corrected chi connectivity index (χ1v) is 11.9. The zero-order valence-electron chi connectivity index (χ0n) is 18.8. The molecule has 0 atom stereocenters. The number of aromatic nitrogens is 2. The Hall–Kier alpha value is -4.76. The molecule has 0 fully saturated rings. The van der Waals surface area contributed by atoms with Crippen LogP contribution >= 0.6 is 0 Å². The van der Waals surface area contributed by atoms with Crippen molar-refractivity contribution >= 4 is 54.8 Å². The predicted molar refractivity (Wildman–Crippen MR) is 145 cm³/mol. The van der Waals surface area contributed by atoms with Crippen LogP contribution in [0.5, 0.6) is 0 Å². The lowest BCUT2D eigenvalue weighted by Crippen LogP contribution is -2.01. The van der Waals surface area contributed by atoms with Crippen molar-refractivity contribution in [1.29, 1.82) is 0 Å². The summed E-state index contributed by atoms with van der Waals surface area (Å²) in [5.74, 6) is 0. The summed E-state index contributed by atoms with van der Waals surface area (Å²) in [5, 5.41) is 6.06. The molecule has 3 heteroatoms. The summed E-state index contributed by atoms with van der Waals surface area (Å²) < 4.78 is 11.0. The van der Waals surface area contributed by atoms with Gasteiger partial charge in [-0.3, -0.25) is 9.13 Å². The first kappa shape index (κ1) is 18.6. The minimum absolute atomic E-state index is 0.900. The first-order chi connectivity index (χ1) is 17.4. The molecule has 0 radical (unpaired) electrons. The zero-order chi connectivity index (χ0) is 22.9. The molecule has 8 rings (SSSR count). The Kier molecular flexibility index (Phi) is 3.66. The molecule has 0 amide bonds. The second kappa shape index (κ2) is 6.87. The molecule has 0 aliphatic carbocycles. The number of nitrogens with zero attached hydrogens (tertiary/aromatic N) is 2. The monoisotopic (exact) mass is 448 g/mol. The molecule has 0 unspecified atom stereocenters. The standard InChI is InChI=1S/C32H20N2O/c1-2-10-21(11-3-1)33-27-15-7-4-13-25(27)31-26-14-5-8-16-28(26)34(32(31)33)22-18-19-24-23-12-6-9-17-29(23)35-30(24)20-22/h1-20H. The maximum atomic E-state index is 6.27. The smallest absolute Gasteiger partial charge is 0.137 e. The van der Waals surface area contributed by atoms with Gasteiger partial charge in [-0.1, -0.05) is 72.8 Å². The van der Waals surface area contributed by atoms with Crippen molar-refractivity contribution in [3.63, 3.8) is 0 Å². The Morgan fingerprint density at radius 3 is 1.74 bits per heavy atom. The van der Waals surface area contributed by atoms with Crippen molar-refractivity contribution in [2.45, 2.75) is 0 Å². The SMILES string of the molecule is c1ccc(-n2c3ccccc3c3c4ccccc4n(-c4ccc5c(c4)oc4ccccc45)c32)cc1. The van der Waals surface area contributed by atoms with Gasteiger partial charge in [0.05, 0.1) is 16.7 Å². The lowest BCUT2D eigenvalue weighted by Gasteiger charge is -2.13. The molecule has 0 saturated carbocycles. The highest BCUT2D eigenvalue weighted by molar-refractivity contribution is 6.22. The highest BCUT2D eigenvalue weighted by Gasteiger charge is 2.22. The van der Waals surface area contributed by atoms with Crippen LogP contribution in [0.15, 0.2) is 126 Å². The average molecular weight is 449 g/mol. The molecule has 0 aliphatic heterocycles. The van der Waals surface area contributed by atoms with Crippen LogP contribution in [0.4, 0.5) is 0 Å². The molecule has 0 aliphatic rings. The molecule has 5 aromatic carbocycles. The predicted octanol–water partition coefficient (Wildman–Crippen LogP) is 8.63. The molecule has 164 valence electrons. The third kappa shape index (κ3) is 2.50. The average Bonchev–Trinajstić information content (AvgIpc) is 3.56. The fourth-order valence-electron chi connectivity index (χ4n) is 5.65. The second-order valence-corrected chi connectivity index (χ2v) is 9.02. The van der Waals surface area contributed by atoms with Crippen LogP contribution in [0.3, 0.4) is 0 Å². The lowest BCUT2D eigenvalue weighted by atomic mass is 10.1. The molecule has 3 aromatic heterocycles. The topological polar surface area (TPSA) is 23.0 Å². The Balaban J connectivity index is 1.57. The Bertz CT molecular complexity index is 2050. The van der Waals surface area contributed by atoms with Crippen LogP contribution in [-0.4, -0.2) is 9.13 Å². The summed E-state index contributed by atoms with van der Waals surface area (Å²) in [6, 6.07) is 42.8. The van der Waals surface area contributed by atoms with Crippen LogP contribution in [0.2, 0.25) is 0 Å². The van der Waals surface area contributed by atoms with Gasteiger partial charge in [-0.25, -0.2) is 0 Å². The Labute approximate surface area is 201 Å². The summed E-state index contributed by atoms with van der Waals surface area (Å²) in [7, 11) is 0. The summed E-state index contributed by atoms with van der Waals surface area (Å²) >= 11 is 0. The van der Waals surface area contributed by atoms with Crippen LogP contribution in [0.1, 0.15) is 0 Å². The number of furan rings is 1. The van der Waals surface area contributed by atoms with Gasteiger partial charge in [0.15, 0.2) is 0 Å². The van der Waals surface area contributed by atoms with Crippen molar-refractivity contribution in [3.05, 3.63) is 121 Å². The normalized spacial score (nSPS) is 12.0. The van der Waals surface area contributed by atoms with Crippen LogP contribution in [0, 0.1) is 0 Å². The van der Waals surface area contributed by atoms with Gasteiger partial charge in [-0.2, -0.15) is 0 Å². The third-order valence-electron chi connectivity index (χ3n) is 7.11. The van der Waals surface area contributed by atoms with Crippen LogP contribution in [0.25, 0.3) is 66.2 Å². The molecular formula is C32H20N2O. The van der Waals surface area contributed by atoms with Gasteiger partial charge in [-0.15, -0.1) is 0 Å². The largest absolute Gasteiger partial charge is 0.456 e. The molecule has 0 spiro atoms. The number of hydrogen-bond donors (Lipinski definition) is 0. The zero-order valence-corrected chi connectivity index (χ0v) is 18.8. The van der Waals surface area contributed by atoms with Gasteiger partial charge >= 0.3 is 0 Å². The van der Waals surface area contributed by atoms with Crippen molar-refractivity contribution in [3.8, 4) is 11.4 Å². The van der Waals surface area contributed by atoms with E-state index in [1.165, 1.54) is 27.2 Å². The minimum atomic E-state index is 0.900. The third-order valence-corrected chi connectivity index (χ3v) is 7.11. The molecule has 3 heterocycles. The Morgan fingerprint density at radius 2 is 1.00 bits per heavy atom. The number of fused-ring (bicyclic) bond motifs is 8. The van der Waals surface area contributed by atoms with Gasteiger partial charge < -0.3 is 4.42 Å². The van der Waals surface area contributed by atoms with E-state index in [9.17, 15) is 0 Å². The fourth-order valence-corrected chi connectivity index (χ4v) is 5.65. The Morgan fingerprint density at radius 1 is 0.429 bits per heavy atom. The molecule has 0 N–H and O–H groups in total. The quantitative estimate of drug-likeness (QED) is 0.259. The highest BCUT2D eigenvalue weighted by atomic mass is 16.3. The number of para-hydroxylation sites is 4. The van der Waals surface area contributed by atoms with E-state index in [0.29, 0.717) is 0 Å². The van der Waals surface area contributed by atoms with E-state index in [4.69, 9.17) is 4.42 Å². The number of benzene rings is 5. The van der Waals surface area contributed by atoms with E-state index in [1.807, 2.05) is 12.1 Å². The van der Waals surface area contributed by atoms with E-state index in [2.05, 4.69) is 118 Å². The molecule has 0 saturated heterocycles. The molecule has 35 heavy (non-hydrogen) atoms. The van der Waals surface area contributed by atoms with E-state index in [-0.39, 0.29) is 0 Å². The molecular weight excluding hydrogens is 428 g/mol. The van der Waals surface area contributed by atoms with Crippen molar-refractivity contribution < 1.29 is 4.42 Å². The number of hydrogen-bond acceptors (Lipinski definition) is 1. The van der Waals surface area contributed by atoms with Crippen molar-refractivity contribution in [2.75, 3.05) is 0 Å². The van der Waals surface area contributed by atoms with Gasteiger partial charge in [0.1, 0.15) is 16.8 Å². The summed E-state index contributed by atoms with van der Waals surface area (Å²) in [6.45, 7) is 0. The summed E-state index contributed by atoms with van der Waals surface area (Å²) in [5.41, 5.74) is 7.60. The van der Waals surface area contributed by atoms with Gasteiger partial charge in [0, 0.05) is 38.7 Å². The van der Waals surface area contributed by atoms with Crippen molar-refractivity contribution in [2.24, 2.45) is 0 Å². The highest BCUT2D eigenvalue weighted by Crippen LogP contribution is 2.41. The first-order valence-electron chi connectivity index (χ1n) is 11.9. The van der Waals surface area contributed by atoms with E-state index < -0.39 is 0 Å².